The number of benzene rings is 2. The monoisotopic (exact) mass is 490 g/mol. The molecule has 0 amide bonds. The molecule has 3 nitrogen and oxygen atoms in total. The number of halogens is 3. The maximum Gasteiger partial charge on any atom is 0.154 e. The predicted octanol–water partition coefficient (Wildman–Crippen LogP) is 6.50. The molecule has 2 bridgehead atoms. The summed E-state index contributed by atoms with van der Waals surface area (Å²) in [5.74, 6) is -1.54. The third kappa shape index (κ3) is 3.20. The van der Waals surface area contributed by atoms with E-state index >= 15 is 0 Å². The van der Waals surface area contributed by atoms with Crippen LogP contribution in [0.2, 0.25) is 15.1 Å². The van der Waals surface area contributed by atoms with Crippen LogP contribution in [-0.2, 0) is 27.2 Å². The van der Waals surface area contributed by atoms with Crippen LogP contribution >= 0.6 is 34.8 Å². The van der Waals surface area contributed by atoms with E-state index in [0.29, 0.717) is 21.5 Å². The standard InChI is InChI=1S/C26H25Cl3O3/c1-4-12-6-11(3)7-13(5-2)20(12)22-24(30)21-19-9-15(26(32-19)23(21)25(22)31)14-8-17(28)18(29)10-16(14)27/h6-8,10,15,19,21-23,26H,4-5,9H2,1-3H3/t15-,19-,21-,22?,23+,26+/m0/s1. The Hall–Kier alpha value is -1.39. The van der Waals surface area contributed by atoms with E-state index in [2.05, 4.69) is 32.9 Å². The van der Waals surface area contributed by atoms with Crippen molar-refractivity contribution in [3.8, 4) is 0 Å². The van der Waals surface area contributed by atoms with E-state index in [4.69, 9.17) is 39.5 Å². The lowest BCUT2D eigenvalue weighted by molar-refractivity contribution is -0.127. The van der Waals surface area contributed by atoms with Gasteiger partial charge >= 0.3 is 0 Å². The molecule has 0 spiro atoms. The number of ketones is 2. The van der Waals surface area contributed by atoms with Gasteiger partial charge in [0.05, 0.1) is 34.1 Å². The number of hydrogen-bond acceptors (Lipinski definition) is 3. The normalized spacial score (nSPS) is 30.9. The van der Waals surface area contributed by atoms with Gasteiger partial charge in [-0.15, -0.1) is 0 Å². The van der Waals surface area contributed by atoms with Crippen LogP contribution in [0.5, 0.6) is 0 Å². The highest BCUT2D eigenvalue weighted by molar-refractivity contribution is 6.43. The van der Waals surface area contributed by atoms with E-state index in [0.717, 1.165) is 35.1 Å². The average Bonchev–Trinajstić information content (AvgIpc) is 3.42. The number of Topliss-reactive ketones (excluding diaryl/α,β-unsaturated/α-hetero) is 2. The van der Waals surface area contributed by atoms with Gasteiger partial charge in [-0.1, -0.05) is 66.3 Å². The van der Waals surface area contributed by atoms with E-state index < -0.39 is 11.8 Å². The van der Waals surface area contributed by atoms with Crippen LogP contribution < -0.4 is 0 Å². The van der Waals surface area contributed by atoms with Crippen LogP contribution in [0.1, 0.15) is 59.9 Å². The number of hydrogen-bond donors (Lipinski definition) is 0. The second-order valence-corrected chi connectivity index (χ2v) is 10.5. The molecule has 0 radical (unpaired) electrons. The second kappa shape index (κ2) is 8.13. The molecule has 2 saturated heterocycles. The number of carbonyl (C=O) groups excluding carboxylic acids is 2. The molecule has 3 aliphatic rings. The molecule has 6 heteroatoms. The van der Waals surface area contributed by atoms with Gasteiger partial charge in [-0.3, -0.25) is 9.59 Å². The zero-order chi connectivity index (χ0) is 22.9. The first-order valence-corrected chi connectivity index (χ1v) is 12.4. The molecule has 3 fully saturated rings. The predicted molar refractivity (Wildman–Crippen MR) is 127 cm³/mol. The molecule has 1 unspecified atom stereocenters. The lowest BCUT2D eigenvalue weighted by Crippen LogP contribution is -2.34. The van der Waals surface area contributed by atoms with Crippen LogP contribution in [0.3, 0.4) is 0 Å². The van der Waals surface area contributed by atoms with Gasteiger partial charge in [0.1, 0.15) is 5.92 Å². The maximum absolute atomic E-state index is 13.8. The molecule has 1 aliphatic carbocycles. The molecule has 32 heavy (non-hydrogen) atoms. The van der Waals surface area contributed by atoms with Crippen molar-refractivity contribution in [2.24, 2.45) is 11.8 Å². The van der Waals surface area contributed by atoms with Crippen LogP contribution in [0.4, 0.5) is 0 Å². The summed E-state index contributed by atoms with van der Waals surface area (Å²) in [5.41, 5.74) is 5.15. The lowest BCUT2D eigenvalue weighted by Gasteiger charge is -2.27. The number of ether oxygens (including phenoxy) is 1. The smallest absolute Gasteiger partial charge is 0.154 e. The van der Waals surface area contributed by atoms with Gasteiger partial charge in [-0.2, -0.15) is 0 Å². The Morgan fingerprint density at radius 3 is 2.09 bits per heavy atom. The molecule has 168 valence electrons. The Kier molecular flexibility index (Phi) is 5.69. The van der Waals surface area contributed by atoms with Crippen LogP contribution in [0, 0.1) is 18.8 Å². The lowest BCUT2D eigenvalue weighted by atomic mass is 9.73. The van der Waals surface area contributed by atoms with E-state index in [9.17, 15) is 9.59 Å². The highest BCUT2D eigenvalue weighted by Crippen LogP contribution is 2.58. The van der Waals surface area contributed by atoms with Gasteiger partial charge in [0.15, 0.2) is 11.6 Å². The van der Waals surface area contributed by atoms with Crippen molar-refractivity contribution in [3.05, 3.63) is 67.2 Å². The van der Waals surface area contributed by atoms with Gasteiger partial charge in [-0.25, -0.2) is 0 Å². The third-order valence-corrected chi connectivity index (χ3v) is 8.62. The molecule has 0 aromatic heterocycles. The van der Waals surface area contributed by atoms with Crippen LogP contribution in [0.25, 0.3) is 0 Å². The summed E-state index contributed by atoms with van der Waals surface area (Å²) in [6, 6.07) is 7.65. The largest absolute Gasteiger partial charge is 0.373 e. The Balaban J connectivity index is 1.55. The van der Waals surface area contributed by atoms with Crippen molar-refractivity contribution < 1.29 is 14.3 Å². The molecule has 6 atom stereocenters. The third-order valence-electron chi connectivity index (χ3n) is 7.57. The highest BCUT2D eigenvalue weighted by atomic mass is 35.5. The minimum atomic E-state index is -0.688. The van der Waals surface area contributed by atoms with Gasteiger partial charge in [0.25, 0.3) is 0 Å². The highest BCUT2D eigenvalue weighted by Gasteiger charge is 2.66. The first-order chi connectivity index (χ1) is 15.3. The summed E-state index contributed by atoms with van der Waals surface area (Å²) in [4.78, 5) is 27.5. The topological polar surface area (TPSA) is 43.4 Å². The average molecular weight is 492 g/mol. The van der Waals surface area contributed by atoms with Gasteiger partial charge in [-0.05, 0) is 60.6 Å². The first kappa shape index (κ1) is 22.4. The molecule has 2 heterocycles. The fourth-order valence-electron chi connectivity index (χ4n) is 6.28. The SMILES string of the molecule is CCc1cc(C)cc(CC)c1C1C(=O)[C@@H]2[C@@H]3O[C@@H](C[C@H]3c3cc(Cl)c(Cl)cc3Cl)[C@@H]2C1=O. The van der Waals surface area contributed by atoms with Gasteiger partial charge in [0.2, 0.25) is 0 Å². The van der Waals surface area contributed by atoms with Crippen LogP contribution in [-0.4, -0.2) is 23.8 Å². The zero-order valence-corrected chi connectivity index (χ0v) is 20.5. The fourth-order valence-corrected chi connectivity index (χ4v) is 6.98. The summed E-state index contributed by atoms with van der Waals surface area (Å²) >= 11 is 18.9. The minimum absolute atomic E-state index is 0.00151. The number of carbonyl (C=O) groups is 2. The van der Waals surface area contributed by atoms with E-state index in [1.54, 1.807) is 12.1 Å². The molecule has 2 aromatic carbocycles. The van der Waals surface area contributed by atoms with Crippen molar-refractivity contribution in [1.29, 1.82) is 0 Å². The molecule has 1 saturated carbocycles. The molecule has 2 aliphatic heterocycles. The van der Waals surface area contributed by atoms with Crippen molar-refractivity contribution in [1.82, 2.24) is 0 Å². The fraction of sp³-hybridized carbons (Fsp3) is 0.462. The molecule has 2 aromatic rings. The summed E-state index contributed by atoms with van der Waals surface area (Å²) in [6.07, 6.45) is 1.62. The first-order valence-electron chi connectivity index (χ1n) is 11.3. The molecule has 0 N–H and O–H groups in total. The minimum Gasteiger partial charge on any atom is -0.373 e. The van der Waals surface area contributed by atoms with E-state index in [-0.39, 0.29) is 35.6 Å². The van der Waals surface area contributed by atoms with E-state index in [1.165, 1.54) is 5.56 Å². The Morgan fingerprint density at radius 2 is 1.47 bits per heavy atom. The summed E-state index contributed by atoms with van der Waals surface area (Å²) in [5, 5.41) is 1.34. The van der Waals surface area contributed by atoms with Crippen molar-refractivity contribution in [3.63, 3.8) is 0 Å². The van der Waals surface area contributed by atoms with Crippen molar-refractivity contribution in [2.75, 3.05) is 0 Å². The maximum atomic E-state index is 13.8. The summed E-state index contributed by atoms with van der Waals surface area (Å²) in [6.45, 7) is 6.23. The Bertz CT molecular complexity index is 1120. The second-order valence-electron chi connectivity index (χ2n) is 9.26. The van der Waals surface area contributed by atoms with Crippen LogP contribution in [0.15, 0.2) is 24.3 Å². The Labute approximate surface area is 203 Å². The number of rotatable bonds is 4. The molecular formula is C26H25Cl3O3. The zero-order valence-electron chi connectivity index (χ0n) is 18.3. The quantitative estimate of drug-likeness (QED) is 0.362. The van der Waals surface area contributed by atoms with Gasteiger partial charge in [0, 0.05) is 10.9 Å². The van der Waals surface area contributed by atoms with Crippen molar-refractivity contribution in [2.45, 2.75) is 64.1 Å². The number of aryl methyl sites for hydroxylation is 3. The summed E-state index contributed by atoms with van der Waals surface area (Å²) in [7, 11) is 0. The van der Waals surface area contributed by atoms with Crippen molar-refractivity contribution >= 4 is 46.4 Å². The van der Waals surface area contributed by atoms with E-state index in [1.807, 2.05) is 0 Å². The molecular weight excluding hydrogens is 467 g/mol. The Morgan fingerprint density at radius 1 is 0.875 bits per heavy atom. The summed E-state index contributed by atoms with van der Waals surface area (Å²) < 4.78 is 6.21. The van der Waals surface area contributed by atoms with Gasteiger partial charge < -0.3 is 4.74 Å². The number of fused-ring (bicyclic) bond motifs is 5. The molecule has 5 rings (SSSR count).